The number of piperidine rings is 1. The van der Waals surface area contributed by atoms with Crippen LogP contribution in [0.4, 0.5) is 13.2 Å². The van der Waals surface area contributed by atoms with E-state index in [2.05, 4.69) is 25.8 Å². The molecule has 0 bridgehead atoms. The predicted molar refractivity (Wildman–Crippen MR) is 134 cm³/mol. The van der Waals surface area contributed by atoms with Crippen molar-refractivity contribution < 1.29 is 27.4 Å². The Morgan fingerprint density at radius 2 is 1.78 bits per heavy atom. The number of halogens is 3. The highest BCUT2D eigenvalue weighted by atomic mass is 32.1. The monoisotopic (exact) mass is 528 g/mol. The van der Waals surface area contributed by atoms with Crippen LogP contribution in [0.1, 0.15) is 46.2 Å². The third kappa shape index (κ3) is 4.94. The van der Waals surface area contributed by atoms with Crippen molar-refractivity contribution in [3.05, 3.63) is 81.8 Å². The molecule has 0 N–H and O–H groups in total. The number of benzene rings is 2. The Labute approximate surface area is 217 Å². The number of rotatable bonds is 5. The first kappa shape index (κ1) is 24.3. The molecule has 1 amide bonds. The number of carbonyl (C=O) groups excluding carboxylic acids is 1. The van der Waals surface area contributed by atoms with E-state index in [4.69, 9.17) is 0 Å². The number of alkyl halides is 2. The second-order valence-corrected chi connectivity index (χ2v) is 10.8. The van der Waals surface area contributed by atoms with Crippen LogP contribution in [0.2, 0.25) is 0 Å². The number of ether oxygens (including phenoxy) is 2. The normalized spacial score (nSPS) is 23.5. The first-order valence-electron chi connectivity index (χ1n) is 12.5. The fraction of sp³-hybridized carbons (Fsp3) is 0.393. The quantitative estimate of drug-likeness (QED) is 0.411. The first-order chi connectivity index (χ1) is 17.9. The summed E-state index contributed by atoms with van der Waals surface area (Å²) in [6.07, 6.45) is -1.76. The first-order valence-corrected chi connectivity index (χ1v) is 13.5. The summed E-state index contributed by atoms with van der Waals surface area (Å²) < 4.78 is 49.9. The standard InChI is InChI=1S/C28H27F3N2O3S/c29-22-6-4-18(5-7-22)19-8-11-32(12-9-19)14-21-15-33(16-24(21)20-10-13-37-17-20)27(34)23-2-1-3-25-26(23)36-28(30,31)35-25/h1-7,10,13,17,19,21,24H,8-9,11-12,14-16H2. The molecule has 0 spiro atoms. The molecule has 3 aliphatic rings. The largest absolute Gasteiger partial charge is 0.586 e. The zero-order chi connectivity index (χ0) is 25.6. The second kappa shape index (κ2) is 9.68. The van der Waals surface area contributed by atoms with Crippen molar-refractivity contribution in [1.82, 2.24) is 9.80 Å². The van der Waals surface area contributed by atoms with Gasteiger partial charge in [0.1, 0.15) is 5.82 Å². The second-order valence-electron chi connectivity index (χ2n) is 10.1. The van der Waals surface area contributed by atoms with Gasteiger partial charge in [0.15, 0.2) is 11.5 Å². The van der Waals surface area contributed by atoms with Crippen LogP contribution in [0.15, 0.2) is 59.3 Å². The van der Waals surface area contributed by atoms with Gasteiger partial charge in [0.2, 0.25) is 0 Å². The summed E-state index contributed by atoms with van der Waals surface area (Å²) in [6.45, 7) is 3.79. The lowest BCUT2D eigenvalue weighted by Crippen LogP contribution is -2.38. The zero-order valence-electron chi connectivity index (χ0n) is 20.1. The molecule has 37 heavy (non-hydrogen) atoms. The molecule has 0 aliphatic carbocycles. The Morgan fingerprint density at radius 1 is 1.00 bits per heavy atom. The van der Waals surface area contributed by atoms with Gasteiger partial charge in [-0.15, -0.1) is 8.78 Å². The summed E-state index contributed by atoms with van der Waals surface area (Å²) >= 11 is 1.63. The Morgan fingerprint density at radius 3 is 2.51 bits per heavy atom. The molecule has 2 aromatic carbocycles. The van der Waals surface area contributed by atoms with E-state index in [1.54, 1.807) is 16.2 Å². The Hall–Kier alpha value is -3.04. The van der Waals surface area contributed by atoms with E-state index in [1.807, 2.05) is 17.5 Å². The molecule has 194 valence electrons. The highest BCUT2D eigenvalue weighted by molar-refractivity contribution is 7.08. The van der Waals surface area contributed by atoms with Crippen molar-refractivity contribution >= 4 is 17.2 Å². The van der Waals surface area contributed by atoms with Crippen LogP contribution in [0.5, 0.6) is 11.5 Å². The van der Waals surface area contributed by atoms with Crippen LogP contribution in [0, 0.1) is 11.7 Å². The van der Waals surface area contributed by atoms with Gasteiger partial charge in [-0.25, -0.2) is 4.39 Å². The molecule has 2 atom stereocenters. The van der Waals surface area contributed by atoms with E-state index in [0.29, 0.717) is 19.0 Å². The number of thiophene rings is 1. The molecule has 4 heterocycles. The van der Waals surface area contributed by atoms with Gasteiger partial charge < -0.3 is 19.3 Å². The molecular formula is C28H27F3N2O3S. The van der Waals surface area contributed by atoms with E-state index in [1.165, 1.54) is 41.5 Å². The van der Waals surface area contributed by atoms with Crippen LogP contribution in [0.25, 0.3) is 0 Å². The van der Waals surface area contributed by atoms with Gasteiger partial charge in [-0.3, -0.25) is 4.79 Å². The molecule has 5 nitrogen and oxygen atoms in total. The van der Waals surface area contributed by atoms with Crippen molar-refractivity contribution in [2.45, 2.75) is 31.0 Å². The number of fused-ring (bicyclic) bond motifs is 1. The number of para-hydroxylation sites is 1. The van der Waals surface area contributed by atoms with Crippen LogP contribution < -0.4 is 9.47 Å². The molecule has 9 heteroatoms. The number of carbonyl (C=O) groups is 1. The van der Waals surface area contributed by atoms with Gasteiger partial charge in [0, 0.05) is 25.6 Å². The average molecular weight is 529 g/mol. The molecule has 3 aromatic rings. The van der Waals surface area contributed by atoms with Crippen LogP contribution in [-0.2, 0) is 0 Å². The molecule has 0 radical (unpaired) electrons. The van der Waals surface area contributed by atoms with Crippen molar-refractivity contribution in [2.24, 2.45) is 5.92 Å². The minimum atomic E-state index is -3.77. The number of hydrogen-bond acceptors (Lipinski definition) is 5. The van der Waals surface area contributed by atoms with E-state index >= 15 is 0 Å². The van der Waals surface area contributed by atoms with Crippen molar-refractivity contribution in [1.29, 1.82) is 0 Å². The number of amides is 1. The minimum absolute atomic E-state index is 0.0968. The van der Waals surface area contributed by atoms with Crippen LogP contribution >= 0.6 is 11.3 Å². The summed E-state index contributed by atoms with van der Waals surface area (Å²) in [5, 5.41) is 4.17. The molecular weight excluding hydrogens is 501 g/mol. The van der Waals surface area contributed by atoms with E-state index in [0.717, 1.165) is 32.5 Å². The van der Waals surface area contributed by atoms with Gasteiger partial charge in [0.25, 0.3) is 5.91 Å². The molecule has 2 fully saturated rings. The van der Waals surface area contributed by atoms with Crippen molar-refractivity contribution in [2.75, 3.05) is 32.7 Å². The maximum atomic E-state index is 13.7. The van der Waals surface area contributed by atoms with Crippen LogP contribution in [-0.4, -0.2) is 54.7 Å². The maximum absolute atomic E-state index is 13.7. The average Bonchev–Trinajstić information content (AvgIpc) is 3.62. The molecule has 2 unspecified atom stereocenters. The maximum Gasteiger partial charge on any atom is 0.586 e. The highest BCUT2D eigenvalue weighted by Gasteiger charge is 2.46. The topological polar surface area (TPSA) is 42.0 Å². The van der Waals surface area contributed by atoms with Gasteiger partial charge in [-0.2, -0.15) is 11.3 Å². The molecule has 1 aromatic heterocycles. The third-order valence-corrected chi connectivity index (χ3v) is 8.48. The fourth-order valence-corrected chi connectivity index (χ4v) is 6.63. The zero-order valence-corrected chi connectivity index (χ0v) is 20.9. The van der Waals surface area contributed by atoms with Gasteiger partial charge in [-0.05, 0) is 90.0 Å². The number of hydrogen-bond donors (Lipinski definition) is 0. The number of nitrogens with zero attached hydrogens (tertiary/aromatic N) is 2. The third-order valence-electron chi connectivity index (χ3n) is 7.78. The van der Waals surface area contributed by atoms with Crippen molar-refractivity contribution in [3.63, 3.8) is 0 Å². The lowest BCUT2D eigenvalue weighted by Gasteiger charge is -2.34. The van der Waals surface area contributed by atoms with E-state index in [9.17, 15) is 18.0 Å². The smallest absolute Gasteiger partial charge is 0.395 e. The van der Waals surface area contributed by atoms with E-state index < -0.39 is 6.29 Å². The molecule has 6 rings (SSSR count). The van der Waals surface area contributed by atoms with Gasteiger partial charge >= 0.3 is 6.29 Å². The fourth-order valence-electron chi connectivity index (χ4n) is 5.91. The molecule has 3 aliphatic heterocycles. The van der Waals surface area contributed by atoms with Crippen LogP contribution in [0.3, 0.4) is 0 Å². The van der Waals surface area contributed by atoms with Crippen molar-refractivity contribution in [3.8, 4) is 11.5 Å². The Bertz CT molecular complexity index is 1260. The van der Waals surface area contributed by atoms with Gasteiger partial charge in [0.05, 0.1) is 5.56 Å². The SMILES string of the molecule is O=C(c1cccc2c1OC(F)(F)O2)N1CC(CN2CCC(c3ccc(F)cc3)CC2)C(c2ccsc2)C1. The predicted octanol–water partition coefficient (Wildman–Crippen LogP) is 5.94. The van der Waals surface area contributed by atoms with Gasteiger partial charge in [-0.1, -0.05) is 18.2 Å². The lowest BCUT2D eigenvalue weighted by atomic mass is 9.87. The minimum Gasteiger partial charge on any atom is -0.395 e. The summed E-state index contributed by atoms with van der Waals surface area (Å²) in [5.74, 6) is -0.0468. The summed E-state index contributed by atoms with van der Waals surface area (Å²) in [5.41, 5.74) is 2.48. The number of likely N-dealkylation sites (tertiary alicyclic amines) is 2. The molecule has 2 saturated heterocycles. The highest BCUT2D eigenvalue weighted by Crippen LogP contribution is 2.44. The summed E-state index contributed by atoms with van der Waals surface area (Å²) in [7, 11) is 0. The summed E-state index contributed by atoms with van der Waals surface area (Å²) in [4.78, 5) is 17.7. The van der Waals surface area contributed by atoms with E-state index in [-0.39, 0.29) is 40.6 Å². The Kier molecular flexibility index (Phi) is 6.36. The summed E-state index contributed by atoms with van der Waals surface area (Å²) in [6, 6.07) is 13.3. The molecule has 0 saturated carbocycles. The lowest BCUT2D eigenvalue weighted by molar-refractivity contribution is -0.286. The Balaban J connectivity index is 1.15.